The van der Waals surface area contributed by atoms with Gasteiger partial charge in [-0.3, -0.25) is 9.48 Å². The molecule has 3 N–H and O–H groups in total. The fraction of sp³-hybridized carbons (Fsp3) is 0.444. The number of aliphatic hydroxyl groups is 1. The monoisotopic (exact) mass is 474 g/mol. The number of hydrogen-bond acceptors (Lipinski definition) is 6. The van der Waals surface area contributed by atoms with E-state index in [4.69, 9.17) is 0 Å². The Balaban J connectivity index is 1.42. The number of aromatic nitrogens is 2. The van der Waals surface area contributed by atoms with Crippen molar-refractivity contribution >= 4 is 18.3 Å². The first-order valence-corrected chi connectivity index (χ1v) is 12.6. The molecule has 0 aliphatic carbocycles. The molecule has 0 bridgehead atoms. The minimum Gasteiger partial charge on any atom is -0.393 e. The van der Waals surface area contributed by atoms with E-state index in [1.807, 2.05) is 24.4 Å². The first-order valence-electron chi connectivity index (χ1n) is 12.6. The molecule has 1 amide bonds. The van der Waals surface area contributed by atoms with Gasteiger partial charge in [-0.1, -0.05) is 12.5 Å². The minimum absolute atomic E-state index is 0.0791. The molecule has 8 nitrogen and oxygen atoms in total. The molecule has 4 heterocycles. The van der Waals surface area contributed by atoms with E-state index in [2.05, 4.69) is 50.0 Å². The van der Waals surface area contributed by atoms with Gasteiger partial charge in [-0.05, 0) is 75.1 Å². The summed E-state index contributed by atoms with van der Waals surface area (Å²) in [6, 6.07) is 4.05. The summed E-state index contributed by atoms with van der Waals surface area (Å²) in [5.41, 5.74) is 6.98. The van der Waals surface area contributed by atoms with Crippen LogP contribution in [0.3, 0.4) is 0 Å². The summed E-state index contributed by atoms with van der Waals surface area (Å²) in [5, 5.41) is 20.7. The van der Waals surface area contributed by atoms with Crippen molar-refractivity contribution in [1.29, 1.82) is 0 Å². The Kier molecular flexibility index (Phi) is 6.72. The molecule has 3 aliphatic heterocycles. The second-order valence-electron chi connectivity index (χ2n) is 9.60. The number of likely N-dealkylation sites (tertiary alicyclic amines) is 1. The van der Waals surface area contributed by atoms with Crippen LogP contribution in [0.2, 0.25) is 0 Å². The van der Waals surface area contributed by atoms with Crippen molar-refractivity contribution < 1.29 is 9.90 Å². The fourth-order valence-corrected chi connectivity index (χ4v) is 5.32. The molecule has 1 saturated heterocycles. The molecule has 0 radical (unpaired) electrons. The molecule has 3 aliphatic rings. The number of hydrogen-bond donors (Lipinski definition) is 3. The normalized spacial score (nSPS) is 19.1. The number of aliphatic imine (C=N–C) groups is 1. The Morgan fingerprint density at radius 2 is 2.03 bits per heavy atom. The van der Waals surface area contributed by atoms with Crippen molar-refractivity contribution in [3.63, 3.8) is 0 Å². The third-order valence-electron chi connectivity index (χ3n) is 7.37. The number of allylic oxidation sites excluding steroid dienone is 3. The third kappa shape index (κ3) is 4.75. The van der Waals surface area contributed by atoms with Gasteiger partial charge in [0, 0.05) is 43.1 Å². The number of nitrogens with one attached hydrogen (secondary N) is 2. The predicted molar refractivity (Wildman–Crippen MR) is 138 cm³/mol. The first-order chi connectivity index (χ1) is 17.0. The van der Waals surface area contributed by atoms with E-state index in [1.54, 1.807) is 0 Å². The van der Waals surface area contributed by atoms with Gasteiger partial charge >= 0.3 is 0 Å². The molecule has 1 fully saturated rings. The Labute approximate surface area is 206 Å². The van der Waals surface area contributed by atoms with E-state index in [0.29, 0.717) is 17.9 Å². The lowest BCUT2D eigenvalue weighted by molar-refractivity contribution is 0.0963. The van der Waals surface area contributed by atoms with Gasteiger partial charge in [0.05, 0.1) is 23.6 Å². The lowest BCUT2D eigenvalue weighted by Crippen LogP contribution is -2.34. The first kappa shape index (κ1) is 23.4. The number of piperidine rings is 1. The van der Waals surface area contributed by atoms with Crippen molar-refractivity contribution in [1.82, 2.24) is 20.0 Å². The molecule has 184 valence electrons. The molecule has 5 rings (SSSR count). The highest BCUT2D eigenvalue weighted by molar-refractivity contribution is 6.05. The highest BCUT2D eigenvalue weighted by Crippen LogP contribution is 2.37. The number of anilines is 1. The Hall–Kier alpha value is -3.39. The molecule has 0 saturated carbocycles. The van der Waals surface area contributed by atoms with E-state index in [0.717, 1.165) is 73.4 Å². The number of rotatable bonds is 6. The Bertz CT molecular complexity index is 1190. The van der Waals surface area contributed by atoms with E-state index < -0.39 is 0 Å². The molecular weight excluding hydrogens is 440 g/mol. The van der Waals surface area contributed by atoms with Crippen molar-refractivity contribution in [2.75, 3.05) is 18.4 Å². The number of aryl methyl sites for hydroxylation is 1. The summed E-state index contributed by atoms with van der Waals surface area (Å²) >= 11 is 0. The molecule has 35 heavy (non-hydrogen) atoms. The van der Waals surface area contributed by atoms with E-state index in [1.165, 1.54) is 18.5 Å². The van der Waals surface area contributed by atoms with Gasteiger partial charge < -0.3 is 20.6 Å². The average Bonchev–Trinajstić information content (AvgIpc) is 3.37. The van der Waals surface area contributed by atoms with Crippen molar-refractivity contribution in [3.8, 4) is 11.1 Å². The number of nitrogens with zero attached hydrogens (tertiary/aromatic N) is 4. The van der Waals surface area contributed by atoms with Gasteiger partial charge in [-0.2, -0.15) is 5.10 Å². The van der Waals surface area contributed by atoms with Crippen LogP contribution in [-0.2, 0) is 19.5 Å². The van der Waals surface area contributed by atoms with Gasteiger partial charge in [0.25, 0.3) is 5.91 Å². The zero-order valence-electron chi connectivity index (χ0n) is 20.4. The summed E-state index contributed by atoms with van der Waals surface area (Å²) in [6.45, 7) is 8.92. The van der Waals surface area contributed by atoms with Crippen LogP contribution in [-0.4, -0.2) is 51.6 Å². The zero-order valence-corrected chi connectivity index (χ0v) is 20.4. The maximum Gasteiger partial charge on any atom is 0.254 e. The number of carbonyl (C=O) groups excluding carboxylic acids is 1. The van der Waals surface area contributed by atoms with Crippen LogP contribution in [0.5, 0.6) is 0 Å². The number of carbonyl (C=O) groups is 1. The highest BCUT2D eigenvalue weighted by atomic mass is 16.3. The summed E-state index contributed by atoms with van der Waals surface area (Å²) < 4.78 is 2.13. The summed E-state index contributed by atoms with van der Waals surface area (Å²) in [6.07, 6.45) is 11.8. The Morgan fingerprint density at radius 1 is 1.20 bits per heavy atom. The van der Waals surface area contributed by atoms with Crippen LogP contribution in [0, 0.1) is 0 Å². The standard InChI is InChI=1S/C27H34N6O2/c1-18(32-14-11-19(34)12-15-32)7-10-25(28-2)31-23-9-8-20(22-16-29-27(35)26(22)23)21-17-30-33-13-5-3-4-6-24(21)33/h7-10,17,19,31,34H,2-6,11-16H2,1H3,(H,29,35)/b18-7+,25-10+. The maximum absolute atomic E-state index is 12.8. The molecule has 2 aromatic rings. The lowest BCUT2D eigenvalue weighted by atomic mass is 9.94. The quantitative estimate of drug-likeness (QED) is 0.437. The van der Waals surface area contributed by atoms with Gasteiger partial charge in [-0.15, -0.1) is 0 Å². The number of amides is 1. The lowest BCUT2D eigenvalue weighted by Gasteiger charge is -2.31. The maximum atomic E-state index is 12.8. The predicted octanol–water partition coefficient (Wildman–Crippen LogP) is 3.83. The van der Waals surface area contributed by atoms with Crippen molar-refractivity contribution in [3.05, 3.63) is 58.8 Å². The molecule has 0 spiro atoms. The van der Waals surface area contributed by atoms with Gasteiger partial charge in [0.1, 0.15) is 5.82 Å². The van der Waals surface area contributed by atoms with E-state index in [9.17, 15) is 9.90 Å². The molecule has 0 unspecified atom stereocenters. The SMILES string of the molecule is C=N/C(=C\C=C(/C)N1CCC(O)CC1)Nc1ccc(-c2cnn3c2CCCCC3)c2c1C(=O)NC2. The van der Waals surface area contributed by atoms with Gasteiger partial charge in [0.15, 0.2) is 0 Å². The van der Waals surface area contributed by atoms with E-state index >= 15 is 0 Å². The summed E-state index contributed by atoms with van der Waals surface area (Å²) in [7, 11) is 0. The topological polar surface area (TPSA) is 94.8 Å². The minimum atomic E-state index is -0.199. The molecule has 1 aromatic carbocycles. The van der Waals surface area contributed by atoms with Gasteiger partial charge in [-0.25, -0.2) is 4.99 Å². The number of aliphatic hydroxyl groups excluding tert-OH is 1. The number of fused-ring (bicyclic) bond motifs is 2. The fourth-order valence-electron chi connectivity index (χ4n) is 5.32. The van der Waals surface area contributed by atoms with Crippen LogP contribution in [0.15, 0.2) is 47.0 Å². The van der Waals surface area contributed by atoms with Gasteiger partial charge in [0.2, 0.25) is 0 Å². The highest BCUT2D eigenvalue weighted by Gasteiger charge is 2.28. The van der Waals surface area contributed by atoms with Crippen LogP contribution in [0.1, 0.15) is 60.6 Å². The molecule has 8 heteroatoms. The summed E-state index contributed by atoms with van der Waals surface area (Å²) in [5.74, 6) is 0.500. The Morgan fingerprint density at radius 3 is 2.83 bits per heavy atom. The largest absolute Gasteiger partial charge is 0.393 e. The zero-order chi connectivity index (χ0) is 24.4. The molecule has 0 atom stereocenters. The van der Waals surface area contributed by atoms with Crippen LogP contribution >= 0.6 is 0 Å². The van der Waals surface area contributed by atoms with Crippen LogP contribution in [0.4, 0.5) is 5.69 Å². The second-order valence-corrected chi connectivity index (χ2v) is 9.60. The number of benzene rings is 1. The van der Waals surface area contributed by atoms with Crippen molar-refractivity contribution in [2.24, 2.45) is 4.99 Å². The van der Waals surface area contributed by atoms with E-state index in [-0.39, 0.29) is 12.0 Å². The third-order valence-corrected chi connectivity index (χ3v) is 7.37. The summed E-state index contributed by atoms with van der Waals surface area (Å²) in [4.78, 5) is 19.3. The average molecular weight is 475 g/mol. The van der Waals surface area contributed by atoms with Crippen molar-refractivity contribution in [2.45, 2.75) is 64.6 Å². The van der Waals surface area contributed by atoms with Crippen LogP contribution in [0.25, 0.3) is 11.1 Å². The molecular formula is C27H34N6O2. The second kappa shape index (κ2) is 10.1. The smallest absolute Gasteiger partial charge is 0.254 e. The molecule has 1 aromatic heterocycles. The van der Waals surface area contributed by atoms with Crippen LogP contribution < -0.4 is 10.6 Å².